The van der Waals surface area contributed by atoms with Crippen LogP contribution in [-0.4, -0.2) is 23.5 Å². The summed E-state index contributed by atoms with van der Waals surface area (Å²) in [6.45, 7) is 10.7. The van der Waals surface area contributed by atoms with Gasteiger partial charge in [0.05, 0.1) is 0 Å². The van der Waals surface area contributed by atoms with E-state index in [4.69, 9.17) is 0 Å². The molecule has 0 bridgehead atoms. The number of hydrogen-bond acceptors (Lipinski definition) is 1. The summed E-state index contributed by atoms with van der Waals surface area (Å²) in [7, 11) is 0. The molecule has 0 amide bonds. The summed E-state index contributed by atoms with van der Waals surface area (Å²) >= 11 is 0. The predicted octanol–water partition coefficient (Wildman–Crippen LogP) is 1.69. The summed E-state index contributed by atoms with van der Waals surface area (Å²) in [4.78, 5) is 2.44. The van der Waals surface area contributed by atoms with Gasteiger partial charge in [0.2, 0.25) is 0 Å². The normalized spacial score (nSPS) is 30.3. The second kappa shape index (κ2) is 2.30. The molecule has 1 nitrogen and oxygen atoms in total. The fourth-order valence-electron chi connectivity index (χ4n) is 1.56. The highest BCUT2D eigenvalue weighted by atomic mass is 15.3. The largest absolute Gasteiger partial charge is 0.295 e. The Kier molecular flexibility index (Phi) is 1.80. The van der Waals surface area contributed by atoms with Crippen molar-refractivity contribution >= 4 is 0 Å². The maximum absolute atomic E-state index is 3.86. The molecule has 0 N–H and O–H groups in total. The molecule has 1 aliphatic heterocycles. The predicted molar refractivity (Wildman–Crippen MR) is 40.2 cm³/mol. The van der Waals surface area contributed by atoms with Gasteiger partial charge in [-0.3, -0.25) is 4.90 Å². The molecular formula is C8H16N. The zero-order chi connectivity index (χ0) is 6.91. The van der Waals surface area contributed by atoms with Crippen LogP contribution in [0.3, 0.4) is 0 Å². The van der Waals surface area contributed by atoms with Gasteiger partial charge in [0.15, 0.2) is 0 Å². The van der Waals surface area contributed by atoms with Crippen molar-refractivity contribution in [3.63, 3.8) is 0 Å². The highest BCUT2D eigenvalue weighted by Crippen LogP contribution is 2.37. The molecule has 1 heteroatoms. The Balaban J connectivity index is 2.37. The van der Waals surface area contributed by atoms with Crippen LogP contribution in [0.15, 0.2) is 0 Å². The second-order valence-electron chi connectivity index (χ2n) is 2.85. The van der Waals surface area contributed by atoms with Crippen molar-refractivity contribution < 1.29 is 0 Å². The van der Waals surface area contributed by atoms with Crippen LogP contribution in [0.1, 0.15) is 26.7 Å². The van der Waals surface area contributed by atoms with Gasteiger partial charge in [0.25, 0.3) is 0 Å². The Bertz CT molecular complexity index is 94.7. The van der Waals surface area contributed by atoms with E-state index in [0.717, 1.165) is 6.54 Å². The minimum atomic E-state index is 0.571. The molecule has 1 rings (SSSR count). The summed E-state index contributed by atoms with van der Waals surface area (Å²) in [5.41, 5.74) is 0.571. The molecule has 1 heterocycles. The average Bonchev–Trinajstić information content (AvgIpc) is 2.63. The van der Waals surface area contributed by atoms with E-state index in [1.54, 1.807) is 0 Å². The van der Waals surface area contributed by atoms with Gasteiger partial charge in [0, 0.05) is 12.1 Å². The lowest BCUT2D eigenvalue weighted by Crippen LogP contribution is -2.15. The molecule has 0 aromatic rings. The van der Waals surface area contributed by atoms with Crippen LogP contribution in [0.4, 0.5) is 0 Å². The zero-order valence-electron chi connectivity index (χ0n) is 6.48. The minimum absolute atomic E-state index is 0.571. The van der Waals surface area contributed by atoms with Gasteiger partial charge < -0.3 is 0 Å². The zero-order valence-corrected chi connectivity index (χ0v) is 6.48. The molecule has 1 unspecified atom stereocenters. The van der Waals surface area contributed by atoms with Crippen molar-refractivity contribution in [2.75, 3.05) is 13.1 Å². The lowest BCUT2D eigenvalue weighted by Gasteiger charge is -2.10. The summed E-state index contributed by atoms with van der Waals surface area (Å²) in [6, 6.07) is 0. The van der Waals surface area contributed by atoms with Crippen molar-refractivity contribution in [2.24, 2.45) is 0 Å². The molecule has 1 aliphatic rings. The van der Waals surface area contributed by atoms with E-state index in [1.165, 1.54) is 19.4 Å². The minimum Gasteiger partial charge on any atom is -0.295 e. The third kappa shape index (κ3) is 0.983. The van der Waals surface area contributed by atoms with Crippen molar-refractivity contribution in [2.45, 2.75) is 32.2 Å². The van der Waals surface area contributed by atoms with Crippen LogP contribution >= 0.6 is 0 Å². The molecule has 0 aromatic carbocycles. The van der Waals surface area contributed by atoms with Crippen LogP contribution in [0.5, 0.6) is 0 Å². The summed E-state index contributed by atoms with van der Waals surface area (Å²) in [6.07, 6.45) is 2.58. The third-order valence-electron chi connectivity index (χ3n) is 2.64. The fraction of sp³-hybridized carbons (Fsp3) is 0.875. The lowest BCUT2D eigenvalue weighted by atomic mass is 10.0. The van der Waals surface area contributed by atoms with E-state index in [-0.39, 0.29) is 0 Å². The van der Waals surface area contributed by atoms with E-state index < -0.39 is 0 Å². The van der Waals surface area contributed by atoms with E-state index in [9.17, 15) is 0 Å². The maximum Gasteiger partial charge on any atom is 0.0332 e. The Labute approximate surface area is 58.0 Å². The van der Waals surface area contributed by atoms with Crippen LogP contribution in [0.2, 0.25) is 0 Å². The highest BCUT2D eigenvalue weighted by Gasteiger charge is 2.46. The van der Waals surface area contributed by atoms with Crippen LogP contribution in [0, 0.1) is 6.92 Å². The second-order valence-corrected chi connectivity index (χ2v) is 2.85. The van der Waals surface area contributed by atoms with Gasteiger partial charge in [-0.15, -0.1) is 0 Å². The van der Waals surface area contributed by atoms with Crippen LogP contribution < -0.4 is 0 Å². The van der Waals surface area contributed by atoms with E-state index in [1.807, 2.05) is 0 Å². The Hall–Kier alpha value is -0.0400. The molecular weight excluding hydrogens is 110 g/mol. The van der Waals surface area contributed by atoms with Gasteiger partial charge >= 0.3 is 0 Å². The smallest absolute Gasteiger partial charge is 0.0332 e. The van der Waals surface area contributed by atoms with Gasteiger partial charge in [-0.05, 0) is 26.3 Å². The first-order chi connectivity index (χ1) is 4.29. The Morgan fingerprint density at radius 3 is 2.11 bits per heavy atom. The third-order valence-corrected chi connectivity index (χ3v) is 2.64. The topological polar surface area (TPSA) is 3.01 Å². The van der Waals surface area contributed by atoms with E-state index >= 15 is 0 Å². The molecule has 0 aliphatic carbocycles. The quantitative estimate of drug-likeness (QED) is 0.520. The first kappa shape index (κ1) is 7.07. The van der Waals surface area contributed by atoms with Crippen LogP contribution in [-0.2, 0) is 0 Å². The van der Waals surface area contributed by atoms with Crippen molar-refractivity contribution in [1.82, 2.24) is 4.90 Å². The Morgan fingerprint density at radius 1 is 1.44 bits per heavy atom. The first-order valence-corrected chi connectivity index (χ1v) is 3.83. The molecule has 53 valence electrons. The highest BCUT2D eigenvalue weighted by molar-refractivity contribution is 5.05. The average molecular weight is 126 g/mol. The standard InChI is InChI=1S/C8H16N/c1-4-8(5-2)7-9(8)6-3/h3-7H2,1-2H3. The summed E-state index contributed by atoms with van der Waals surface area (Å²) in [5, 5.41) is 0. The molecule has 9 heavy (non-hydrogen) atoms. The first-order valence-electron chi connectivity index (χ1n) is 3.83. The number of nitrogens with zero attached hydrogens (tertiary/aromatic N) is 1. The molecule has 0 saturated carbocycles. The molecule has 0 aromatic heterocycles. The number of rotatable bonds is 3. The molecule has 0 spiro atoms. The monoisotopic (exact) mass is 126 g/mol. The lowest BCUT2D eigenvalue weighted by molar-refractivity contribution is 0.411. The SMILES string of the molecule is [CH2]CN1CC1(CC)CC. The number of hydrogen-bond donors (Lipinski definition) is 0. The fourth-order valence-corrected chi connectivity index (χ4v) is 1.56. The van der Waals surface area contributed by atoms with E-state index in [2.05, 4.69) is 25.7 Å². The van der Waals surface area contributed by atoms with Crippen molar-refractivity contribution in [3.05, 3.63) is 6.92 Å². The molecule has 1 saturated heterocycles. The molecule has 1 fully saturated rings. The van der Waals surface area contributed by atoms with Gasteiger partial charge in [-0.25, -0.2) is 0 Å². The van der Waals surface area contributed by atoms with Gasteiger partial charge in [-0.1, -0.05) is 13.8 Å². The van der Waals surface area contributed by atoms with Gasteiger partial charge in [0.1, 0.15) is 0 Å². The van der Waals surface area contributed by atoms with Crippen molar-refractivity contribution in [1.29, 1.82) is 0 Å². The maximum atomic E-state index is 3.86. The summed E-state index contributed by atoms with van der Waals surface area (Å²) < 4.78 is 0. The van der Waals surface area contributed by atoms with Gasteiger partial charge in [-0.2, -0.15) is 0 Å². The molecule has 1 atom stereocenters. The van der Waals surface area contributed by atoms with E-state index in [0.29, 0.717) is 5.54 Å². The summed E-state index contributed by atoms with van der Waals surface area (Å²) in [5.74, 6) is 0. The Morgan fingerprint density at radius 2 is 2.00 bits per heavy atom. The van der Waals surface area contributed by atoms with Crippen LogP contribution in [0.25, 0.3) is 0 Å². The molecule has 1 radical (unpaired) electrons. The van der Waals surface area contributed by atoms with Crippen molar-refractivity contribution in [3.8, 4) is 0 Å².